The first kappa shape index (κ1) is 21.8. The summed E-state index contributed by atoms with van der Waals surface area (Å²) < 4.78 is 50.9. The van der Waals surface area contributed by atoms with Crippen LogP contribution in [0.25, 0.3) is 0 Å². The maximum Gasteiger partial charge on any atom is 0.217 e. The third kappa shape index (κ3) is 5.77. The lowest BCUT2D eigenvalue weighted by Crippen LogP contribution is -2.47. The summed E-state index contributed by atoms with van der Waals surface area (Å²) in [5, 5.41) is 10.5. The number of primary sulfonamides is 2. The molecule has 0 saturated carbocycles. The molecule has 0 atom stereocenters. The highest BCUT2D eigenvalue weighted by Gasteiger charge is 2.40. The Balaban J connectivity index is 5.09. The normalized spacial score (nSPS) is 14.3. The molecule has 0 aromatic carbocycles. The van der Waals surface area contributed by atoms with Crippen LogP contribution < -0.4 is 10.3 Å². The van der Waals surface area contributed by atoms with Crippen LogP contribution in [0.3, 0.4) is 0 Å². The second kappa shape index (κ2) is 8.05. The van der Waals surface area contributed by atoms with Crippen LogP contribution >= 0.6 is 0 Å². The Kier molecular flexibility index (Phi) is 7.97. The summed E-state index contributed by atoms with van der Waals surface area (Å²) in [4.78, 5) is 0. The first-order valence-corrected chi connectivity index (χ1v) is 10.8. The van der Waals surface area contributed by atoms with E-state index in [1.54, 1.807) is 13.8 Å². The van der Waals surface area contributed by atoms with Crippen molar-refractivity contribution in [1.29, 1.82) is 0 Å². The van der Waals surface area contributed by atoms with Crippen molar-refractivity contribution in [2.24, 2.45) is 15.7 Å². The van der Waals surface area contributed by atoms with Crippen LogP contribution in [0, 0.1) is 5.41 Å². The summed E-state index contributed by atoms with van der Waals surface area (Å²) in [6, 6.07) is 0. The van der Waals surface area contributed by atoms with Crippen LogP contribution in [0.4, 0.5) is 0 Å². The van der Waals surface area contributed by atoms with Gasteiger partial charge in [-0.25, -0.2) is 27.1 Å². The molecule has 0 fully saturated rings. The van der Waals surface area contributed by atoms with Gasteiger partial charge in [-0.05, 0) is 25.7 Å². The van der Waals surface area contributed by atoms with Crippen molar-refractivity contribution < 1.29 is 21.6 Å². The van der Waals surface area contributed by atoms with Crippen molar-refractivity contribution in [3.05, 3.63) is 0 Å². The average molecular weight is 359 g/mol. The van der Waals surface area contributed by atoms with E-state index in [2.05, 4.69) is 0 Å². The van der Waals surface area contributed by atoms with Crippen molar-refractivity contribution in [1.82, 2.24) is 0 Å². The van der Waals surface area contributed by atoms with Gasteiger partial charge in [-0.15, -0.1) is 0 Å². The summed E-state index contributed by atoms with van der Waals surface area (Å²) in [5.74, 6) is -0.187. The Hall–Kier alpha value is -0.220. The summed E-state index contributed by atoms with van der Waals surface area (Å²) in [7, 11) is -7.40. The van der Waals surface area contributed by atoms with E-state index in [9.17, 15) is 16.8 Å². The van der Waals surface area contributed by atoms with E-state index in [0.717, 1.165) is 0 Å². The SMILES string of the molecule is CCC(CC)(COCC(CC)(CC)S(N)(=O)=O)CS(N)(=O)=O. The molecule has 4 N–H and O–H groups in total. The highest BCUT2D eigenvalue weighted by atomic mass is 32.2. The quantitative estimate of drug-likeness (QED) is 0.568. The third-order valence-electron chi connectivity index (χ3n) is 4.67. The molecule has 0 aliphatic rings. The van der Waals surface area contributed by atoms with Gasteiger partial charge >= 0.3 is 0 Å². The molecular weight excluding hydrogens is 328 g/mol. The van der Waals surface area contributed by atoms with Crippen LogP contribution in [0.15, 0.2) is 0 Å². The molecule has 0 rings (SSSR count). The minimum Gasteiger partial charge on any atom is -0.379 e. The van der Waals surface area contributed by atoms with Gasteiger partial charge in [-0.1, -0.05) is 27.7 Å². The smallest absolute Gasteiger partial charge is 0.217 e. The highest BCUT2D eigenvalue weighted by Crippen LogP contribution is 2.30. The van der Waals surface area contributed by atoms with Crippen molar-refractivity contribution in [3.63, 3.8) is 0 Å². The number of ether oxygens (including phenoxy) is 1. The molecule has 22 heavy (non-hydrogen) atoms. The molecule has 0 bridgehead atoms. The van der Waals surface area contributed by atoms with Gasteiger partial charge in [0.2, 0.25) is 20.0 Å². The first-order chi connectivity index (χ1) is 9.91. The van der Waals surface area contributed by atoms with Crippen molar-refractivity contribution in [3.8, 4) is 0 Å². The van der Waals surface area contributed by atoms with E-state index >= 15 is 0 Å². The van der Waals surface area contributed by atoms with Crippen LogP contribution in [0.2, 0.25) is 0 Å². The zero-order chi connectivity index (χ0) is 17.7. The Morgan fingerprint density at radius 3 is 1.55 bits per heavy atom. The van der Waals surface area contributed by atoms with Gasteiger partial charge in [-0.2, -0.15) is 0 Å². The number of nitrogens with two attached hydrogens (primary N) is 2. The van der Waals surface area contributed by atoms with Crippen LogP contribution in [-0.2, 0) is 24.8 Å². The Labute approximate surface area is 134 Å². The Morgan fingerprint density at radius 1 is 0.818 bits per heavy atom. The average Bonchev–Trinajstić information content (AvgIpc) is 2.40. The van der Waals surface area contributed by atoms with Gasteiger partial charge in [0.1, 0.15) is 4.75 Å². The molecule has 0 radical (unpaired) electrons. The largest absolute Gasteiger partial charge is 0.379 e. The molecule has 9 heteroatoms. The molecule has 0 aromatic rings. The standard InChI is InChI=1S/C13H30N2O5S2/c1-5-12(6-2,11-21(14,16)17)9-20-10-13(7-3,8-4)22(15,18)19/h5-11H2,1-4H3,(H2,14,16,17)(H2,15,18,19). The topological polar surface area (TPSA) is 130 Å². The monoisotopic (exact) mass is 358 g/mol. The fourth-order valence-electron chi connectivity index (χ4n) is 2.52. The summed E-state index contributed by atoms with van der Waals surface area (Å²) in [6.07, 6.45) is 1.81. The van der Waals surface area contributed by atoms with Crippen molar-refractivity contribution in [2.75, 3.05) is 19.0 Å². The second-order valence-electron chi connectivity index (χ2n) is 5.94. The van der Waals surface area contributed by atoms with Gasteiger partial charge in [0.15, 0.2) is 0 Å². The van der Waals surface area contributed by atoms with E-state index in [-0.39, 0.29) is 19.0 Å². The zero-order valence-electron chi connectivity index (χ0n) is 14.0. The maximum atomic E-state index is 11.8. The molecule has 0 heterocycles. The van der Waals surface area contributed by atoms with Gasteiger partial charge in [0.25, 0.3) is 0 Å². The predicted molar refractivity (Wildman–Crippen MR) is 88.2 cm³/mol. The van der Waals surface area contributed by atoms with E-state index in [4.69, 9.17) is 15.0 Å². The van der Waals surface area contributed by atoms with Crippen LogP contribution in [0.5, 0.6) is 0 Å². The van der Waals surface area contributed by atoms with E-state index in [1.165, 1.54) is 0 Å². The minimum atomic E-state index is -3.76. The maximum absolute atomic E-state index is 11.8. The number of hydrogen-bond donors (Lipinski definition) is 2. The number of rotatable bonds is 11. The molecule has 0 aliphatic carbocycles. The first-order valence-electron chi connectivity index (χ1n) is 7.51. The molecule has 0 aliphatic heterocycles. The van der Waals surface area contributed by atoms with Gasteiger partial charge < -0.3 is 4.74 Å². The summed E-state index contributed by atoms with van der Waals surface area (Å²) in [6.45, 7) is 7.30. The lowest BCUT2D eigenvalue weighted by molar-refractivity contribution is 0.0342. The lowest BCUT2D eigenvalue weighted by atomic mass is 9.85. The van der Waals surface area contributed by atoms with Gasteiger partial charge in [0.05, 0.1) is 19.0 Å². The molecule has 0 spiro atoms. The molecule has 7 nitrogen and oxygen atoms in total. The third-order valence-corrected chi connectivity index (χ3v) is 7.59. The second-order valence-corrected chi connectivity index (χ2v) is 9.51. The summed E-state index contributed by atoms with van der Waals surface area (Å²) >= 11 is 0. The Morgan fingerprint density at radius 2 is 1.27 bits per heavy atom. The lowest BCUT2D eigenvalue weighted by Gasteiger charge is -2.34. The number of sulfonamides is 2. The fraction of sp³-hybridized carbons (Fsp3) is 1.00. The van der Waals surface area contributed by atoms with E-state index < -0.39 is 30.2 Å². The molecule has 134 valence electrons. The zero-order valence-corrected chi connectivity index (χ0v) is 15.6. The van der Waals surface area contributed by atoms with Gasteiger partial charge in [0, 0.05) is 5.41 Å². The fourth-order valence-corrected chi connectivity index (χ4v) is 4.92. The minimum absolute atomic E-state index is 0.0504. The van der Waals surface area contributed by atoms with Gasteiger partial charge in [-0.3, -0.25) is 0 Å². The highest BCUT2D eigenvalue weighted by molar-refractivity contribution is 7.90. The van der Waals surface area contributed by atoms with Crippen molar-refractivity contribution in [2.45, 2.75) is 58.1 Å². The molecule has 0 aromatic heterocycles. The molecule has 0 unspecified atom stereocenters. The van der Waals surface area contributed by atoms with Crippen LogP contribution in [-0.4, -0.2) is 40.5 Å². The van der Waals surface area contributed by atoms with Crippen LogP contribution in [0.1, 0.15) is 53.4 Å². The van der Waals surface area contributed by atoms with E-state index in [1.807, 2.05) is 13.8 Å². The Bertz CT molecular complexity index is 535. The van der Waals surface area contributed by atoms with Crippen molar-refractivity contribution >= 4 is 20.0 Å². The predicted octanol–water partition coefficient (Wildman–Crippen LogP) is 0.945. The summed E-state index contributed by atoms with van der Waals surface area (Å²) in [5.41, 5.74) is -0.612. The van der Waals surface area contributed by atoms with E-state index in [0.29, 0.717) is 25.7 Å². The molecule has 0 amide bonds. The molecule has 0 saturated heterocycles. The number of hydrogen-bond acceptors (Lipinski definition) is 5. The molecular formula is C13H30N2O5S2.